The molecule has 0 aliphatic carbocycles. The van der Waals surface area contributed by atoms with Crippen LogP contribution in [0.4, 0.5) is 0 Å². The summed E-state index contributed by atoms with van der Waals surface area (Å²) in [5.41, 5.74) is 1.27. The highest BCUT2D eigenvalue weighted by atomic mass is 16.6. The number of carbonyl (C=O) groups is 1. The molecule has 0 unspecified atom stereocenters. The van der Waals surface area contributed by atoms with Crippen LogP contribution in [0.5, 0.6) is 0 Å². The Morgan fingerprint density at radius 2 is 1.95 bits per heavy atom. The molecule has 19 heavy (non-hydrogen) atoms. The minimum atomic E-state index is -0.554. The van der Waals surface area contributed by atoms with Gasteiger partial charge in [-0.25, -0.2) is 4.79 Å². The van der Waals surface area contributed by atoms with E-state index in [-0.39, 0.29) is 12.1 Å². The molecule has 0 amide bonds. The number of unbranched alkanes of at least 4 members (excludes halogenated alkanes) is 3. The van der Waals surface area contributed by atoms with Gasteiger partial charge in [-0.05, 0) is 26.7 Å². The summed E-state index contributed by atoms with van der Waals surface area (Å²) in [6.07, 6.45) is 6.04. The molecular formula is C15H24O4. The third-order valence-electron chi connectivity index (χ3n) is 3.76. The fourth-order valence-electron chi connectivity index (χ4n) is 2.68. The lowest BCUT2D eigenvalue weighted by atomic mass is 9.98. The zero-order valence-corrected chi connectivity index (χ0v) is 11.9. The smallest absolute Gasteiger partial charge is 0.337 e. The number of esters is 1. The maximum atomic E-state index is 11.5. The molecule has 2 heterocycles. The first-order chi connectivity index (χ1) is 8.97. The van der Waals surface area contributed by atoms with Gasteiger partial charge < -0.3 is 14.6 Å². The van der Waals surface area contributed by atoms with Crippen molar-refractivity contribution in [1.82, 2.24) is 0 Å². The molecule has 0 aromatic rings. The Bertz CT molecular complexity index is 365. The van der Waals surface area contributed by atoms with Crippen molar-refractivity contribution < 1.29 is 19.4 Å². The van der Waals surface area contributed by atoms with Crippen LogP contribution < -0.4 is 0 Å². The van der Waals surface area contributed by atoms with Crippen LogP contribution in [0.3, 0.4) is 0 Å². The average molecular weight is 268 g/mol. The van der Waals surface area contributed by atoms with Gasteiger partial charge in [0, 0.05) is 5.57 Å². The van der Waals surface area contributed by atoms with Crippen molar-refractivity contribution in [3.05, 3.63) is 11.1 Å². The highest BCUT2D eigenvalue weighted by Gasteiger charge is 2.36. The van der Waals surface area contributed by atoms with E-state index in [1.165, 1.54) is 0 Å². The summed E-state index contributed by atoms with van der Waals surface area (Å²) in [4.78, 5) is 11.5. The molecule has 2 rings (SSSR count). The first kappa shape index (κ1) is 14.5. The number of rotatable bonds is 7. The summed E-state index contributed by atoms with van der Waals surface area (Å²) < 4.78 is 10.6. The highest BCUT2D eigenvalue weighted by Crippen LogP contribution is 2.31. The summed E-state index contributed by atoms with van der Waals surface area (Å²) in [6, 6.07) is 0. The van der Waals surface area contributed by atoms with E-state index in [4.69, 9.17) is 9.47 Å². The first-order valence-electron chi connectivity index (χ1n) is 7.20. The quantitative estimate of drug-likeness (QED) is 0.569. The average Bonchev–Trinajstić information content (AvgIpc) is 2.87. The summed E-state index contributed by atoms with van der Waals surface area (Å²) in [6.45, 7) is 4.68. The fraction of sp³-hybridized carbons (Fsp3) is 0.800. The molecule has 108 valence electrons. The van der Waals surface area contributed by atoms with Gasteiger partial charge in [0.1, 0.15) is 6.61 Å². The lowest BCUT2D eigenvalue weighted by Gasteiger charge is -2.16. The van der Waals surface area contributed by atoms with Crippen molar-refractivity contribution >= 4 is 5.97 Å². The van der Waals surface area contributed by atoms with E-state index in [2.05, 4.69) is 0 Å². The molecule has 0 bridgehead atoms. The van der Waals surface area contributed by atoms with Gasteiger partial charge in [-0.3, -0.25) is 0 Å². The minimum absolute atomic E-state index is 0.0423. The maximum Gasteiger partial charge on any atom is 0.337 e. The molecular weight excluding hydrogens is 244 g/mol. The third-order valence-corrected chi connectivity index (χ3v) is 3.76. The number of cyclic esters (lactones) is 1. The van der Waals surface area contributed by atoms with Crippen LogP contribution in [0, 0.1) is 0 Å². The Morgan fingerprint density at radius 3 is 2.68 bits per heavy atom. The molecule has 1 atom stereocenters. The Labute approximate surface area is 114 Å². The van der Waals surface area contributed by atoms with Gasteiger partial charge in [0.2, 0.25) is 0 Å². The van der Waals surface area contributed by atoms with Crippen LogP contribution >= 0.6 is 0 Å². The standard InChI is InChI=1S/C15H24O4/c1-15(2,17)8-6-4-3-5-7-12-13-11(9-18-12)10-19-14(13)16/h12,17H,3-10H2,1-2H3/t12-/m1/s1. The molecule has 4 nitrogen and oxygen atoms in total. The summed E-state index contributed by atoms with van der Waals surface area (Å²) in [7, 11) is 0. The van der Waals surface area contributed by atoms with Crippen molar-refractivity contribution in [2.45, 2.75) is 64.1 Å². The Balaban J connectivity index is 1.61. The third kappa shape index (κ3) is 4.05. The summed E-state index contributed by atoms with van der Waals surface area (Å²) >= 11 is 0. The Kier molecular flexibility index (Phi) is 4.63. The molecule has 2 aliphatic rings. The second-order valence-corrected chi connectivity index (χ2v) is 6.16. The number of hydrogen-bond acceptors (Lipinski definition) is 4. The second kappa shape index (κ2) is 6.06. The first-order valence-corrected chi connectivity index (χ1v) is 7.20. The maximum absolute atomic E-state index is 11.5. The van der Waals surface area contributed by atoms with E-state index in [0.717, 1.165) is 49.7 Å². The van der Waals surface area contributed by atoms with Crippen LogP contribution in [0.15, 0.2) is 11.1 Å². The number of carbonyl (C=O) groups excluding carboxylic acids is 1. The predicted octanol–water partition coefficient (Wildman–Crippen LogP) is 2.35. The molecule has 1 N–H and O–H groups in total. The highest BCUT2D eigenvalue weighted by molar-refractivity contribution is 5.93. The monoisotopic (exact) mass is 268 g/mol. The van der Waals surface area contributed by atoms with Crippen LogP contribution in [0.25, 0.3) is 0 Å². The van der Waals surface area contributed by atoms with Gasteiger partial charge in [0.25, 0.3) is 0 Å². The van der Waals surface area contributed by atoms with Crippen molar-refractivity contribution in [3.63, 3.8) is 0 Å². The molecule has 0 aromatic carbocycles. The zero-order valence-electron chi connectivity index (χ0n) is 11.9. The molecule has 4 heteroatoms. The van der Waals surface area contributed by atoms with Crippen molar-refractivity contribution in [2.24, 2.45) is 0 Å². The predicted molar refractivity (Wildman–Crippen MR) is 71.7 cm³/mol. The summed E-state index contributed by atoms with van der Waals surface area (Å²) in [5.74, 6) is -0.181. The SMILES string of the molecule is CC(C)(O)CCCCCC[C@H]1OCC2=C1C(=O)OC2. The Morgan fingerprint density at radius 1 is 1.21 bits per heavy atom. The topological polar surface area (TPSA) is 55.8 Å². The normalized spacial score (nSPS) is 22.9. The van der Waals surface area contributed by atoms with E-state index in [0.29, 0.717) is 13.2 Å². The van der Waals surface area contributed by atoms with Gasteiger partial charge in [-0.15, -0.1) is 0 Å². The fourth-order valence-corrected chi connectivity index (χ4v) is 2.68. The van der Waals surface area contributed by atoms with Crippen molar-refractivity contribution in [2.75, 3.05) is 13.2 Å². The van der Waals surface area contributed by atoms with Crippen LogP contribution in [-0.2, 0) is 14.3 Å². The van der Waals surface area contributed by atoms with E-state index in [9.17, 15) is 9.90 Å². The van der Waals surface area contributed by atoms with Gasteiger partial charge >= 0.3 is 5.97 Å². The molecule has 0 spiro atoms. The van der Waals surface area contributed by atoms with E-state index < -0.39 is 5.60 Å². The number of hydrogen-bond donors (Lipinski definition) is 1. The molecule has 0 aromatic heterocycles. The van der Waals surface area contributed by atoms with Crippen LogP contribution in [0.1, 0.15) is 52.4 Å². The van der Waals surface area contributed by atoms with Crippen LogP contribution in [0.2, 0.25) is 0 Å². The largest absolute Gasteiger partial charge is 0.458 e. The molecule has 2 aliphatic heterocycles. The van der Waals surface area contributed by atoms with Gasteiger partial charge in [-0.1, -0.05) is 25.7 Å². The number of aliphatic hydroxyl groups is 1. The minimum Gasteiger partial charge on any atom is -0.458 e. The second-order valence-electron chi connectivity index (χ2n) is 6.16. The lowest BCUT2D eigenvalue weighted by molar-refractivity contribution is -0.137. The molecule has 0 saturated heterocycles. The molecule has 0 fully saturated rings. The van der Waals surface area contributed by atoms with Crippen LogP contribution in [-0.4, -0.2) is 36.0 Å². The number of ether oxygens (including phenoxy) is 2. The van der Waals surface area contributed by atoms with Crippen molar-refractivity contribution in [3.8, 4) is 0 Å². The van der Waals surface area contributed by atoms with Crippen molar-refractivity contribution in [1.29, 1.82) is 0 Å². The van der Waals surface area contributed by atoms with Gasteiger partial charge in [0.05, 0.1) is 23.9 Å². The molecule has 0 radical (unpaired) electrons. The van der Waals surface area contributed by atoms with Gasteiger partial charge in [-0.2, -0.15) is 0 Å². The lowest BCUT2D eigenvalue weighted by Crippen LogP contribution is -2.18. The van der Waals surface area contributed by atoms with E-state index in [1.54, 1.807) is 0 Å². The zero-order chi connectivity index (χ0) is 13.9. The van der Waals surface area contributed by atoms with E-state index in [1.807, 2.05) is 13.8 Å². The van der Waals surface area contributed by atoms with E-state index >= 15 is 0 Å². The molecule has 0 saturated carbocycles. The van der Waals surface area contributed by atoms with Gasteiger partial charge in [0.15, 0.2) is 0 Å². The Hall–Kier alpha value is -0.870. The summed E-state index contributed by atoms with van der Waals surface area (Å²) in [5, 5.41) is 9.60.